The quantitative estimate of drug-likeness (QED) is 0.873. The summed E-state index contributed by atoms with van der Waals surface area (Å²) < 4.78 is 5.15. The number of ether oxygens (including phenoxy) is 1. The molecular weight excluding hydrogens is 232 g/mol. The van der Waals surface area contributed by atoms with Crippen LogP contribution in [0.2, 0.25) is 0 Å². The minimum atomic E-state index is -1.44. The van der Waals surface area contributed by atoms with Crippen molar-refractivity contribution in [2.75, 3.05) is 7.11 Å². The lowest BCUT2D eigenvalue weighted by atomic mass is 9.90. The van der Waals surface area contributed by atoms with Crippen molar-refractivity contribution in [3.05, 3.63) is 42.0 Å². The summed E-state index contributed by atoms with van der Waals surface area (Å²) in [4.78, 5) is 11.4. The number of benzene rings is 2. The molecule has 0 spiro atoms. The molecule has 0 aliphatic carbocycles. The molecule has 0 saturated heterocycles. The maximum absolute atomic E-state index is 11.4. The summed E-state index contributed by atoms with van der Waals surface area (Å²) in [5.41, 5.74) is -0.918. The first-order valence-corrected chi connectivity index (χ1v) is 5.50. The molecule has 0 amide bonds. The van der Waals surface area contributed by atoms with Gasteiger partial charge in [-0.3, -0.25) is 0 Å². The molecule has 0 saturated carbocycles. The maximum Gasteiger partial charge on any atom is 0.340 e. The van der Waals surface area contributed by atoms with Gasteiger partial charge in [-0.2, -0.15) is 0 Å². The Labute approximate surface area is 104 Å². The molecule has 0 radical (unpaired) electrons. The fourth-order valence-corrected chi connectivity index (χ4v) is 2.01. The fraction of sp³-hybridized carbons (Fsp3) is 0.214. The minimum absolute atomic E-state index is 0.123. The zero-order chi connectivity index (χ0) is 13.3. The van der Waals surface area contributed by atoms with Crippen molar-refractivity contribution in [1.29, 1.82) is 0 Å². The summed E-state index contributed by atoms with van der Waals surface area (Å²) in [6.07, 6.45) is 0. The molecule has 0 bridgehead atoms. The van der Waals surface area contributed by atoms with Gasteiger partial charge in [0.1, 0.15) is 5.75 Å². The summed E-state index contributed by atoms with van der Waals surface area (Å²) in [7, 11) is 1.36. The molecule has 2 aromatic carbocycles. The van der Waals surface area contributed by atoms with Gasteiger partial charge in [0, 0.05) is 18.1 Å². The van der Waals surface area contributed by atoms with E-state index < -0.39 is 11.6 Å². The standard InChI is InChI=1S/C14H14O4/c1-14(18-2,13(16)17)11-7-8-12(15)10-6-4-3-5-9(10)11/h3-8,15H,1-2H3,(H,16,17). The van der Waals surface area contributed by atoms with Crippen LogP contribution in [0, 0.1) is 0 Å². The number of hydrogen-bond acceptors (Lipinski definition) is 3. The minimum Gasteiger partial charge on any atom is -0.507 e. The van der Waals surface area contributed by atoms with Gasteiger partial charge in [-0.05, 0) is 18.4 Å². The Bertz CT molecular complexity index is 606. The van der Waals surface area contributed by atoms with E-state index in [1.54, 1.807) is 30.3 Å². The Morgan fingerprint density at radius 1 is 1.17 bits per heavy atom. The molecule has 4 heteroatoms. The van der Waals surface area contributed by atoms with E-state index in [1.807, 2.05) is 0 Å². The van der Waals surface area contributed by atoms with E-state index in [0.29, 0.717) is 16.3 Å². The highest BCUT2D eigenvalue weighted by molar-refractivity contribution is 5.95. The molecule has 94 valence electrons. The van der Waals surface area contributed by atoms with Gasteiger partial charge < -0.3 is 14.9 Å². The Morgan fingerprint density at radius 3 is 2.33 bits per heavy atom. The first-order chi connectivity index (χ1) is 8.50. The number of phenols is 1. The molecule has 0 aromatic heterocycles. The van der Waals surface area contributed by atoms with Crippen LogP contribution >= 0.6 is 0 Å². The Kier molecular flexibility index (Phi) is 2.97. The number of phenolic OH excluding ortho intramolecular Hbond substituents is 1. The van der Waals surface area contributed by atoms with Crippen LogP contribution in [0.4, 0.5) is 0 Å². The number of carboxylic acids is 1. The molecule has 0 fully saturated rings. The summed E-state index contributed by atoms with van der Waals surface area (Å²) in [6.45, 7) is 1.49. The van der Waals surface area contributed by atoms with Crippen molar-refractivity contribution >= 4 is 16.7 Å². The molecule has 18 heavy (non-hydrogen) atoms. The van der Waals surface area contributed by atoms with E-state index in [-0.39, 0.29) is 5.75 Å². The lowest BCUT2D eigenvalue weighted by Gasteiger charge is -2.25. The van der Waals surface area contributed by atoms with E-state index >= 15 is 0 Å². The summed E-state index contributed by atoms with van der Waals surface area (Å²) >= 11 is 0. The molecule has 2 N–H and O–H groups in total. The highest BCUT2D eigenvalue weighted by atomic mass is 16.5. The van der Waals surface area contributed by atoms with E-state index in [0.717, 1.165) is 0 Å². The van der Waals surface area contributed by atoms with Gasteiger partial charge in [-0.1, -0.05) is 30.3 Å². The van der Waals surface area contributed by atoms with E-state index in [9.17, 15) is 15.0 Å². The van der Waals surface area contributed by atoms with Crippen LogP contribution in [0.1, 0.15) is 12.5 Å². The zero-order valence-corrected chi connectivity index (χ0v) is 10.2. The second kappa shape index (κ2) is 4.31. The first-order valence-electron chi connectivity index (χ1n) is 5.50. The van der Waals surface area contributed by atoms with Crippen LogP contribution in [0.25, 0.3) is 10.8 Å². The highest BCUT2D eigenvalue weighted by Crippen LogP contribution is 2.35. The molecule has 0 heterocycles. The SMILES string of the molecule is COC(C)(C(=O)O)c1ccc(O)c2ccccc12. The summed E-state index contributed by atoms with van der Waals surface area (Å²) in [6, 6.07) is 10.2. The lowest BCUT2D eigenvalue weighted by molar-refractivity contribution is -0.161. The van der Waals surface area contributed by atoms with Crippen LogP contribution in [0.5, 0.6) is 5.75 Å². The van der Waals surface area contributed by atoms with Gasteiger partial charge in [0.05, 0.1) is 0 Å². The number of rotatable bonds is 3. The summed E-state index contributed by atoms with van der Waals surface area (Å²) in [5, 5.41) is 20.4. The predicted octanol–water partition coefficient (Wildman–Crippen LogP) is 2.49. The summed E-state index contributed by atoms with van der Waals surface area (Å²) in [5.74, 6) is -0.945. The third kappa shape index (κ3) is 1.71. The highest BCUT2D eigenvalue weighted by Gasteiger charge is 2.36. The Hall–Kier alpha value is -2.07. The third-order valence-corrected chi connectivity index (χ3v) is 3.23. The van der Waals surface area contributed by atoms with Crippen LogP contribution in [-0.4, -0.2) is 23.3 Å². The number of fused-ring (bicyclic) bond motifs is 1. The predicted molar refractivity (Wildman–Crippen MR) is 67.6 cm³/mol. The maximum atomic E-state index is 11.4. The van der Waals surface area contributed by atoms with Crippen molar-refractivity contribution in [2.45, 2.75) is 12.5 Å². The van der Waals surface area contributed by atoms with Crippen LogP contribution in [0.15, 0.2) is 36.4 Å². The number of methoxy groups -OCH3 is 1. The lowest BCUT2D eigenvalue weighted by Crippen LogP contribution is -2.34. The molecule has 2 rings (SSSR count). The molecule has 1 atom stereocenters. The van der Waals surface area contributed by atoms with Crippen LogP contribution in [0.3, 0.4) is 0 Å². The first kappa shape index (κ1) is 12.4. The van der Waals surface area contributed by atoms with Gasteiger partial charge in [0.15, 0.2) is 5.60 Å². The van der Waals surface area contributed by atoms with E-state index in [2.05, 4.69) is 0 Å². The van der Waals surface area contributed by atoms with Gasteiger partial charge in [0.2, 0.25) is 0 Å². The van der Waals surface area contributed by atoms with Gasteiger partial charge >= 0.3 is 5.97 Å². The number of carbonyl (C=O) groups is 1. The topological polar surface area (TPSA) is 66.8 Å². The average Bonchev–Trinajstić information content (AvgIpc) is 2.38. The van der Waals surface area contributed by atoms with Crippen molar-refractivity contribution < 1.29 is 19.7 Å². The van der Waals surface area contributed by atoms with Crippen molar-refractivity contribution in [3.8, 4) is 5.75 Å². The molecular formula is C14H14O4. The van der Waals surface area contributed by atoms with Gasteiger partial charge in [-0.15, -0.1) is 0 Å². The number of aromatic hydroxyl groups is 1. The number of aliphatic carboxylic acids is 1. The Balaban J connectivity index is 2.80. The average molecular weight is 246 g/mol. The Morgan fingerprint density at radius 2 is 1.78 bits per heavy atom. The third-order valence-electron chi connectivity index (χ3n) is 3.23. The largest absolute Gasteiger partial charge is 0.507 e. The van der Waals surface area contributed by atoms with E-state index in [1.165, 1.54) is 20.1 Å². The molecule has 2 aromatic rings. The van der Waals surface area contributed by atoms with Gasteiger partial charge in [0.25, 0.3) is 0 Å². The van der Waals surface area contributed by atoms with E-state index in [4.69, 9.17) is 4.74 Å². The second-order valence-corrected chi connectivity index (χ2v) is 4.22. The second-order valence-electron chi connectivity index (χ2n) is 4.22. The molecule has 0 aliphatic heterocycles. The smallest absolute Gasteiger partial charge is 0.340 e. The molecule has 4 nitrogen and oxygen atoms in total. The number of hydrogen-bond donors (Lipinski definition) is 2. The van der Waals surface area contributed by atoms with Crippen molar-refractivity contribution in [1.82, 2.24) is 0 Å². The molecule has 1 unspecified atom stereocenters. The monoisotopic (exact) mass is 246 g/mol. The normalized spacial score (nSPS) is 14.3. The van der Waals surface area contributed by atoms with Gasteiger partial charge in [-0.25, -0.2) is 4.79 Å². The molecule has 0 aliphatic rings. The zero-order valence-electron chi connectivity index (χ0n) is 10.2. The van der Waals surface area contributed by atoms with Crippen LogP contribution < -0.4 is 0 Å². The number of carboxylic acid groups (broad SMARTS) is 1. The van der Waals surface area contributed by atoms with Crippen molar-refractivity contribution in [3.63, 3.8) is 0 Å². The van der Waals surface area contributed by atoms with Crippen LogP contribution in [-0.2, 0) is 15.1 Å². The van der Waals surface area contributed by atoms with Crippen molar-refractivity contribution in [2.24, 2.45) is 0 Å². The fourth-order valence-electron chi connectivity index (χ4n) is 2.01.